The molecule has 0 heterocycles. The highest BCUT2D eigenvalue weighted by molar-refractivity contribution is 5.94. The second-order valence-electron chi connectivity index (χ2n) is 5.69. The molecule has 0 saturated heterocycles. The maximum Gasteiger partial charge on any atom is 0.313 e. The van der Waals surface area contributed by atoms with Gasteiger partial charge in [-0.15, -0.1) is 0 Å². The van der Waals surface area contributed by atoms with Gasteiger partial charge in [0.25, 0.3) is 0 Å². The van der Waals surface area contributed by atoms with Crippen LogP contribution in [0.25, 0.3) is 0 Å². The van der Waals surface area contributed by atoms with Crippen LogP contribution in [0, 0.1) is 5.41 Å². The van der Waals surface area contributed by atoms with Crippen molar-refractivity contribution in [1.29, 1.82) is 5.41 Å². The van der Waals surface area contributed by atoms with Crippen LogP contribution in [0.15, 0.2) is 24.3 Å². The molecule has 9 heteroatoms. The van der Waals surface area contributed by atoms with E-state index in [1.807, 2.05) is 0 Å². The normalized spacial score (nSPS) is 12.8. The minimum atomic E-state index is -0.799. The van der Waals surface area contributed by atoms with Crippen molar-refractivity contribution in [3.8, 4) is 0 Å². The fraction of sp³-hybridized carbons (Fsp3) is 0.412. The van der Waals surface area contributed by atoms with E-state index in [2.05, 4.69) is 4.74 Å². The number of amides is 1. The number of ether oxygens (including phenoxy) is 2. The van der Waals surface area contributed by atoms with Crippen molar-refractivity contribution in [3.05, 3.63) is 35.4 Å². The Kier molecular flexibility index (Phi) is 8.40. The summed E-state index contributed by atoms with van der Waals surface area (Å²) in [5.74, 6) is -2.21. The molecule has 1 amide bonds. The third-order valence-corrected chi connectivity index (χ3v) is 3.75. The smallest absolute Gasteiger partial charge is 0.313 e. The molecular formula is C17H24N4O5. The van der Waals surface area contributed by atoms with E-state index >= 15 is 0 Å². The Morgan fingerprint density at radius 3 is 2.12 bits per heavy atom. The highest BCUT2D eigenvalue weighted by atomic mass is 16.6. The van der Waals surface area contributed by atoms with Crippen LogP contribution in [-0.4, -0.2) is 36.9 Å². The molecule has 0 spiro atoms. The predicted octanol–water partition coefficient (Wildman–Crippen LogP) is 0.101. The van der Waals surface area contributed by atoms with Gasteiger partial charge >= 0.3 is 11.9 Å². The molecular weight excluding hydrogens is 340 g/mol. The van der Waals surface area contributed by atoms with Crippen LogP contribution in [0.2, 0.25) is 0 Å². The molecule has 7 N–H and O–H groups in total. The number of carbonyl (C=O) groups excluding carboxylic acids is 3. The molecule has 0 radical (unpaired) electrons. The van der Waals surface area contributed by atoms with Crippen molar-refractivity contribution in [2.75, 3.05) is 7.11 Å². The molecule has 2 atom stereocenters. The number of carbonyl (C=O) groups is 3. The van der Waals surface area contributed by atoms with E-state index in [0.717, 1.165) is 5.56 Å². The van der Waals surface area contributed by atoms with Crippen LogP contribution in [0.1, 0.15) is 42.9 Å². The van der Waals surface area contributed by atoms with E-state index in [-0.39, 0.29) is 31.5 Å². The van der Waals surface area contributed by atoms with Crippen LogP contribution in [0.5, 0.6) is 0 Å². The fourth-order valence-corrected chi connectivity index (χ4v) is 2.26. The number of hydrogen-bond acceptors (Lipinski definition) is 7. The Bertz CT molecular complexity index is 660. The summed E-state index contributed by atoms with van der Waals surface area (Å²) in [6.07, 6.45) is -0.717. The zero-order valence-corrected chi connectivity index (χ0v) is 14.6. The summed E-state index contributed by atoms with van der Waals surface area (Å²) < 4.78 is 9.94. The van der Waals surface area contributed by atoms with E-state index in [9.17, 15) is 14.4 Å². The highest BCUT2D eigenvalue weighted by Crippen LogP contribution is 2.21. The second-order valence-corrected chi connectivity index (χ2v) is 5.69. The minimum absolute atomic E-state index is 0.0443. The number of esters is 2. The van der Waals surface area contributed by atoms with Gasteiger partial charge in [-0.05, 0) is 12.0 Å². The lowest BCUT2D eigenvalue weighted by Gasteiger charge is -2.22. The Morgan fingerprint density at radius 1 is 1.04 bits per heavy atom. The van der Waals surface area contributed by atoms with Crippen LogP contribution in [0.4, 0.5) is 0 Å². The first-order valence-corrected chi connectivity index (χ1v) is 7.99. The summed E-state index contributed by atoms with van der Waals surface area (Å²) in [4.78, 5) is 33.7. The van der Waals surface area contributed by atoms with Crippen molar-refractivity contribution < 1.29 is 23.9 Å². The molecule has 0 saturated carbocycles. The van der Waals surface area contributed by atoms with Gasteiger partial charge in [-0.1, -0.05) is 24.3 Å². The Balaban J connectivity index is 2.55. The summed E-state index contributed by atoms with van der Waals surface area (Å²) in [6.45, 7) is 0. The topological polar surface area (TPSA) is 172 Å². The number of benzene rings is 1. The van der Waals surface area contributed by atoms with E-state index in [0.29, 0.717) is 5.56 Å². The molecule has 1 rings (SSSR count). The number of rotatable bonds is 10. The molecule has 9 nitrogen and oxygen atoms in total. The molecule has 2 unspecified atom stereocenters. The first kappa shape index (κ1) is 21.3. The number of hydrogen-bond donors (Lipinski definition) is 4. The van der Waals surface area contributed by atoms with Gasteiger partial charge in [0.15, 0.2) is 0 Å². The third kappa shape index (κ3) is 6.99. The summed E-state index contributed by atoms with van der Waals surface area (Å²) in [7, 11) is 1.47. The monoisotopic (exact) mass is 364 g/mol. The standard InChI is InChI=1S/C17H24N4O5/c1-25-12(6-8-14(23)26-15(24)9-7-13(18)22)16(19)10-2-4-11(5-3-10)17(20)21/h2-5,12,16H,6-9,19H2,1H3,(H2,18,22)(H3,20,21). The van der Waals surface area contributed by atoms with Gasteiger partial charge in [0, 0.05) is 25.5 Å². The van der Waals surface area contributed by atoms with Gasteiger partial charge in [0.1, 0.15) is 5.84 Å². The summed E-state index contributed by atoms with van der Waals surface area (Å²) in [6, 6.07) is 6.31. The highest BCUT2D eigenvalue weighted by Gasteiger charge is 2.21. The largest absolute Gasteiger partial charge is 0.393 e. The summed E-state index contributed by atoms with van der Waals surface area (Å²) in [5, 5.41) is 7.37. The molecule has 0 aliphatic heterocycles. The molecule has 26 heavy (non-hydrogen) atoms. The van der Waals surface area contributed by atoms with Crippen molar-refractivity contribution in [3.63, 3.8) is 0 Å². The van der Waals surface area contributed by atoms with Crippen LogP contribution >= 0.6 is 0 Å². The lowest BCUT2D eigenvalue weighted by molar-refractivity contribution is -0.160. The molecule has 0 bridgehead atoms. The number of nitrogen functional groups attached to an aromatic ring is 1. The van der Waals surface area contributed by atoms with Gasteiger partial charge in [-0.2, -0.15) is 0 Å². The average Bonchev–Trinajstić information content (AvgIpc) is 2.60. The van der Waals surface area contributed by atoms with E-state index in [4.69, 9.17) is 27.3 Å². The van der Waals surface area contributed by atoms with Gasteiger partial charge in [0.2, 0.25) is 5.91 Å². The number of nitrogens with one attached hydrogen (secondary N) is 1. The zero-order valence-electron chi connectivity index (χ0n) is 14.6. The molecule has 0 aliphatic rings. The van der Waals surface area contributed by atoms with Gasteiger partial charge in [-0.3, -0.25) is 19.8 Å². The fourth-order valence-electron chi connectivity index (χ4n) is 2.26. The number of methoxy groups -OCH3 is 1. The lowest BCUT2D eigenvalue weighted by atomic mass is 9.97. The number of primary amides is 1. The Labute approximate surface area is 151 Å². The van der Waals surface area contributed by atoms with Crippen molar-refractivity contribution in [2.45, 2.75) is 37.8 Å². The van der Waals surface area contributed by atoms with E-state index in [1.54, 1.807) is 24.3 Å². The Morgan fingerprint density at radius 2 is 1.62 bits per heavy atom. The summed E-state index contributed by atoms with van der Waals surface area (Å²) in [5.41, 5.74) is 17.8. The third-order valence-electron chi connectivity index (χ3n) is 3.75. The minimum Gasteiger partial charge on any atom is -0.393 e. The molecule has 0 aliphatic carbocycles. The molecule has 0 fully saturated rings. The predicted molar refractivity (Wildman–Crippen MR) is 93.9 cm³/mol. The SMILES string of the molecule is COC(CCC(=O)OC(=O)CCC(N)=O)C(N)c1ccc(C(=N)N)cc1. The molecule has 142 valence electrons. The van der Waals surface area contributed by atoms with Gasteiger partial charge in [-0.25, -0.2) is 0 Å². The number of nitrogens with two attached hydrogens (primary N) is 3. The van der Waals surface area contributed by atoms with E-state index in [1.165, 1.54) is 7.11 Å². The van der Waals surface area contributed by atoms with E-state index < -0.39 is 30.0 Å². The first-order valence-electron chi connectivity index (χ1n) is 7.99. The van der Waals surface area contributed by atoms with Crippen LogP contribution < -0.4 is 17.2 Å². The zero-order chi connectivity index (χ0) is 19.7. The van der Waals surface area contributed by atoms with Crippen LogP contribution in [0.3, 0.4) is 0 Å². The molecule has 0 aromatic heterocycles. The quantitative estimate of drug-likeness (QED) is 0.197. The number of amidine groups is 1. The maximum absolute atomic E-state index is 11.7. The maximum atomic E-state index is 11.7. The van der Waals surface area contributed by atoms with Crippen molar-refractivity contribution in [1.82, 2.24) is 0 Å². The lowest BCUT2D eigenvalue weighted by Crippen LogP contribution is -2.29. The second kappa shape index (κ2) is 10.3. The Hall–Kier alpha value is -2.78. The first-order chi connectivity index (χ1) is 12.2. The summed E-state index contributed by atoms with van der Waals surface area (Å²) >= 11 is 0. The van der Waals surface area contributed by atoms with Crippen molar-refractivity contribution in [2.24, 2.45) is 17.2 Å². The average molecular weight is 364 g/mol. The van der Waals surface area contributed by atoms with Gasteiger partial charge < -0.3 is 26.7 Å². The van der Waals surface area contributed by atoms with Crippen LogP contribution in [-0.2, 0) is 23.9 Å². The van der Waals surface area contributed by atoms with Gasteiger partial charge in [0.05, 0.1) is 18.6 Å². The molecule has 1 aromatic rings. The van der Waals surface area contributed by atoms with Crippen molar-refractivity contribution >= 4 is 23.7 Å². The molecule has 1 aromatic carbocycles.